The number of benzene rings is 1. The van der Waals surface area contributed by atoms with Crippen molar-refractivity contribution in [3.8, 4) is 0 Å². The van der Waals surface area contributed by atoms with Crippen LogP contribution in [0.2, 0.25) is 0 Å². The lowest BCUT2D eigenvalue weighted by Crippen LogP contribution is -2.44. The zero-order valence-electron chi connectivity index (χ0n) is 15.3. The smallest absolute Gasteiger partial charge is 0.194 e. The molecule has 4 rings (SSSR count). The lowest BCUT2D eigenvalue weighted by Gasteiger charge is -2.32. The minimum atomic E-state index is 0. The van der Waals surface area contributed by atoms with Gasteiger partial charge in [0.15, 0.2) is 5.96 Å². The second kappa shape index (κ2) is 8.71. The Balaban J connectivity index is 0.00000182. The number of guanidine groups is 1. The Morgan fingerprint density at radius 2 is 1.96 bits per heavy atom. The van der Waals surface area contributed by atoms with Crippen LogP contribution in [0.25, 0.3) is 0 Å². The van der Waals surface area contributed by atoms with Gasteiger partial charge in [-0.3, -0.25) is 4.99 Å². The summed E-state index contributed by atoms with van der Waals surface area (Å²) in [6, 6.07) is 9.74. The number of nitrogens with zero attached hydrogens (tertiary/aromatic N) is 3. The van der Waals surface area contributed by atoms with Gasteiger partial charge in [-0.1, -0.05) is 24.3 Å². The molecule has 25 heavy (non-hydrogen) atoms. The van der Waals surface area contributed by atoms with Gasteiger partial charge in [0.2, 0.25) is 0 Å². The topological polar surface area (TPSA) is 30.9 Å². The maximum Gasteiger partial charge on any atom is 0.194 e. The zero-order chi connectivity index (χ0) is 16.4. The number of hydrogen-bond donors (Lipinski definition) is 1. The van der Waals surface area contributed by atoms with Crippen LogP contribution in [0.15, 0.2) is 29.3 Å². The summed E-state index contributed by atoms with van der Waals surface area (Å²) in [5.41, 5.74) is 2.95. The van der Waals surface area contributed by atoms with E-state index in [1.165, 1.54) is 43.5 Å². The number of rotatable bonds is 4. The molecule has 1 aliphatic carbocycles. The number of nitrogens with one attached hydrogen (secondary N) is 1. The molecule has 0 aromatic heterocycles. The fourth-order valence-electron chi connectivity index (χ4n) is 4.10. The maximum atomic E-state index is 5.01. The Bertz CT molecular complexity index is 599. The van der Waals surface area contributed by atoms with Crippen LogP contribution in [0.1, 0.15) is 37.3 Å². The molecular weight excluding hydrogens is 423 g/mol. The van der Waals surface area contributed by atoms with Crippen molar-refractivity contribution < 1.29 is 0 Å². The average Bonchev–Trinajstić information content (AvgIpc) is 3.37. The minimum absolute atomic E-state index is 0. The van der Waals surface area contributed by atoms with E-state index in [9.17, 15) is 0 Å². The molecule has 0 radical (unpaired) electrons. The third-order valence-electron chi connectivity index (χ3n) is 5.64. The van der Waals surface area contributed by atoms with E-state index in [2.05, 4.69) is 46.3 Å². The Labute approximate surface area is 169 Å². The molecule has 1 unspecified atom stereocenters. The van der Waals surface area contributed by atoms with E-state index in [4.69, 9.17) is 4.99 Å². The molecule has 5 heteroatoms. The van der Waals surface area contributed by atoms with Gasteiger partial charge in [-0.05, 0) is 56.2 Å². The van der Waals surface area contributed by atoms with E-state index in [1.54, 1.807) is 0 Å². The van der Waals surface area contributed by atoms with Crippen LogP contribution in [-0.4, -0.2) is 54.5 Å². The number of likely N-dealkylation sites (tertiary alicyclic amines) is 1. The van der Waals surface area contributed by atoms with E-state index in [0.29, 0.717) is 0 Å². The Hall–Kier alpha value is -0.820. The summed E-state index contributed by atoms with van der Waals surface area (Å²) in [5, 5.41) is 3.52. The van der Waals surface area contributed by atoms with Crippen LogP contribution >= 0.6 is 24.0 Å². The first-order valence-electron chi connectivity index (χ1n) is 9.67. The van der Waals surface area contributed by atoms with Crippen molar-refractivity contribution in [1.82, 2.24) is 15.1 Å². The van der Waals surface area contributed by atoms with Gasteiger partial charge in [0, 0.05) is 38.8 Å². The van der Waals surface area contributed by atoms with Gasteiger partial charge in [0.05, 0.1) is 0 Å². The molecule has 2 heterocycles. The van der Waals surface area contributed by atoms with E-state index >= 15 is 0 Å². The molecule has 1 saturated heterocycles. The molecular formula is C20H31IN4. The molecule has 4 nitrogen and oxygen atoms in total. The summed E-state index contributed by atoms with van der Waals surface area (Å²) >= 11 is 0. The molecule has 1 saturated carbocycles. The van der Waals surface area contributed by atoms with E-state index in [-0.39, 0.29) is 24.0 Å². The number of fused-ring (bicyclic) bond motifs is 1. The summed E-state index contributed by atoms with van der Waals surface area (Å²) in [6.45, 7) is 8.69. The van der Waals surface area contributed by atoms with Crippen molar-refractivity contribution in [3.63, 3.8) is 0 Å². The van der Waals surface area contributed by atoms with Crippen molar-refractivity contribution >= 4 is 29.9 Å². The summed E-state index contributed by atoms with van der Waals surface area (Å²) in [4.78, 5) is 10.1. The molecule has 0 amide bonds. The molecule has 2 fully saturated rings. The summed E-state index contributed by atoms with van der Waals surface area (Å²) in [6.07, 6.45) is 5.29. The Morgan fingerprint density at radius 3 is 2.72 bits per heavy atom. The first-order valence-corrected chi connectivity index (χ1v) is 9.67. The molecule has 1 N–H and O–H groups in total. The largest absolute Gasteiger partial charge is 0.357 e. The molecule has 2 aliphatic heterocycles. The lowest BCUT2D eigenvalue weighted by molar-refractivity contribution is 0.315. The van der Waals surface area contributed by atoms with Gasteiger partial charge in [-0.15, -0.1) is 24.0 Å². The van der Waals surface area contributed by atoms with Gasteiger partial charge in [0.25, 0.3) is 0 Å². The van der Waals surface area contributed by atoms with Crippen LogP contribution < -0.4 is 5.32 Å². The third kappa shape index (κ3) is 4.67. The van der Waals surface area contributed by atoms with Crippen molar-refractivity contribution in [3.05, 3.63) is 35.4 Å². The highest BCUT2D eigenvalue weighted by Gasteiger charge is 2.34. The zero-order valence-corrected chi connectivity index (χ0v) is 17.6. The molecule has 1 aromatic carbocycles. The van der Waals surface area contributed by atoms with Gasteiger partial charge >= 0.3 is 0 Å². The van der Waals surface area contributed by atoms with Crippen LogP contribution in [-0.2, 0) is 13.0 Å². The predicted molar refractivity (Wildman–Crippen MR) is 115 cm³/mol. The monoisotopic (exact) mass is 454 g/mol. The van der Waals surface area contributed by atoms with E-state index < -0.39 is 0 Å². The molecule has 1 aromatic rings. The Morgan fingerprint density at radius 1 is 1.16 bits per heavy atom. The third-order valence-corrected chi connectivity index (χ3v) is 5.64. The number of aliphatic imine (C=N–C) groups is 1. The van der Waals surface area contributed by atoms with Gasteiger partial charge in [-0.25, -0.2) is 0 Å². The highest BCUT2D eigenvalue weighted by atomic mass is 127. The highest BCUT2D eigenvalue weighted by molar-refractivity contribution is 14.0. The number of halogens is 1. The SMILES string of the molecule is CCNC(=NCC1CCN(C2CC2)C1)N1CCc2ccccc2C1.I. The van der Waals surface area contributed by atoms with Gasteiger partial charge < -0.3 is 15.1 Å². The molecule has 3 aliphatic rings. The molecule has 138 valence electrons. The molecule has 0 bridgehead atoms. The summed E-state index contributed by atoms with van der Waals surface area (Å²) in [5.74, 6) is 1.85. The first-order chi connectivity index (χ1) is 11.8. The fourth-order valence-corrected chi connectivity index (χ4v) is 4.10. The number of hydrogen-bond acceptors (Lipinski definition) is 2. The van der Waals surface area contributed by atoms with E-state index in [0.717, 1.165) is 50.5 Å². The van der Waals surface area contributed by atoms with Crippen molar-refractivity contribution in [2.24, 2.45) is 10.9 Å². The first kappa shape index (κ1) is 19.0. The van der Waals surface area contributed by atoms with E-state index in [1.807, 2.05) is 0 Å². The van der Waals surface area contributed by atoms with Crippen molar-refractivity contribution in [2.75, 3.05) is 32.7 Å². The van der Waals surface area contributed by atoms with Crippen molar-refractivity contribution in [1.29, 1.82) is 0 Å². The van der Waals surface area contributed by atoms with Crippen LogP contribution in [0.5, 0.6) is 0 Å². The van der Waals surface area contributed by atoms with Gasteiger partial charge in [0.1, 0.15) is 0 Å². The van der Waals surface area contributed by atoms with Gasteiger partial charge in [-0.2, -0.15) is 0 Å². The minimum Gasteiger partial charge on any atom is -0.357 e. The van der Waals surface area contributed by atoms with Crippen LogP contribution in [0.3, 0.4) is 0 Å². The van der Waals surface area contributed by atoms with Crippen LogP contribution in [0.4, 0.5) is 0 Å². The fraction of sp³-hybridized carbons (Fsp3) is 0.650. The highest BCUT2D eigenvalue weighted by Crippen LogP contribution is 2.31. The average molecular weight is 454 g/mol. The summed E-state index contributed by atoms with van der Waals surface area (Å²) < 4.78 is 0. The molecule has 0 spiro atoms. The second-order valence-corrected chi connectivity index (χ2v) is 7.52. The lowest BCUT2D eigenvalue weighted by atomic mass is 10.0. The Kier molecular flexibility index (Phi) is 6.61. The van der Waals surface area contributed by atoms with Crippen molar-refractivity contribution in [2.45, 2.75) is 45.2 Å². The maximum absolute atomic E-state index is 5.01. The predicted octanol–water partition coefficient (Wildman–Crippen LogP) is 3.11. The normalized spacial score (nSPS) is 24.0. The summed E-state index contributed by atoms with van der Waals surface area (Å²) in [7, 11) is 0. The second-order valence-electron chi connectivity index (χ2n) is 7.52. The molecule has 1 atom stereocenters. The van der Waals surface area contributed by atoms with Crippen LogP contribution in [0, 0.1) is 5.92 Å². The standard InChI is InChI=1S/C20H30N4.HI/c1-2-21-20(22-13-16-9-11-23(14-16)19-7-8-19)24-12-10-17-5-3-4-6-18(17)15-24;/h3-6,16,19H,2,7-15H2,1H3,(H,21,22);1H. The quantitative estimate of drug-likeness (QED) is 0.431.